The molecule has 0 aliphatic heterocycles. The molecule has 0 aliphatic carbocycles. The Morgan fingerprint density at radius 3 is 2.60 bits per heavy atom. The van der Waals surface area contributed by atoms with E-state index < -0.39 is 23.5 Å². The summed E-state index contributed by atoms with van der Waals surface area (Å²) < 4.78 is 39.1. The molecule has 0 saturated heterocycles. The van der Waals surface area contributed by atoms with E-state index in [0.717, 1.165) is 11.0 Å². The molecule has 8 heteroatoms. The summed E-state index contributed by atoms with van der Waals surface area (Å²) in [6.45, 7) is 1.06. The lowest BCUT2D eigenvalue weighted by Gasteiger charge is -2.26. The van der Waals surface area contributed by atoms with Gasteiger partial charge >= 0.3 is 6.18 Å². The second-order valence-corrected chi connectivity index (χ2v) is 4.17. The minimum absolute atomic E-state index is 0.256. The predicted octanol–water partition coefficient (Wildman–Crippen LogP) is 2.29. The van der Waals surface area contributed by atoms with Crippen molar-refractivity contribution in [2.24, 2.45) is 0 Å². The zero-order valence-electron chi connectivity index (χ0n) is 10.5. The van der Waals surface area contributed by atoms with E-state index >= 15 is 0 Å². The molecule has 0 aliphatic rings. The van der Waals surface area contributed by atoms with E-state index in [0.29, 0.717) is 6.41 Å². The van der Waals surface area contributed by atoms with Gasteiger partial charge in [0, 0.05) is 0 Å². The molecule has 20 heavy (non-hydrogen) atoms. The number of benzene rings is 1. The highest BCUT2D eigenvalue weighted by Gasteiger charge is 2.36. The molecule has 1 aromatic carbocycles. The van der Waals surface area contributed by atoms with Crippen LogP contribution in [0.3, 0.4) is 0 Å². The van der Waals surface area contributed by atoms with Crippen LogP contribution in [0.4, 0.5) is 18.9 Å². The van der Waals surface area contributed by atoms with E-state index in [4.69, 9.17) is 11.6 Å². The Bertz CT molecular complexity index is 506. The molecule has 0 unspecified atom stereocenters. The number of carbonyl (C=O) groups is 2. The van der Waals surface area contributed by atoms with E-state index in [1.165, 1.54) is 19.1 Å². The minimum Gasteiger partial charge on any atom is -0.341 e. The van der Waals surface area contributed by atoms with Gasteiger partial charge in [-0.25, -0.2) is 0 Å². The Hall–Kier alpha value is -1.76. The number of anilines is 1. The van der Waals surface area contributed by atoms with Crippen molar-refractivity contribution in [2.45, 2.75) is 13.1 Å². The summed E-state index contributed by atoms with van der Waals surface area (Å²) in [5.41, 5.74) is -1.00. The number of nitrogens with zero attached hydrogens (tertiary/aromatic N) is 1. The van der Waals surface area contributed by atoms with E-state index in [-0.39, 0.29) is 17.9 Å². The molecule has 0 atom stereocenters. The van der Waals surface area contributed by atoms with Gasteiger partial charge in [0.2, 0.25) is 12.3 Å². The zero-order chi connectivity index (χ0) is 15.3. The number of aryl methyl sites for hydroxylation is 1. The molecule has 0 aromatic heterocycles. The maximum atomic E-state index is 13.0. The summed E-state index contributed by atoms with van der Waals surface area (Å²) in [6.07, 6.45) is -4.33. The number of nitrogens with one attached hydrogen (secondary N) is 1. The van der Waals surface area contributed by atoms with Crippen LogP contribution in [0.2, 0.25) is 0 Å². The molecule has 2 amide bonds. The summed E-state index contributed by atoms with van der Waals surface area (Å²) in [6, 6.07) is 3.57. The fourth-order valence-corrected chi connectivity index (χ4v) is 1.88. The summed E-state index contributed by atoms with van der Waals surface area (Å²) in [5.74, 6) is -1.23. The number of amides is 2. The Balaban J connectivity index is 3.38. The van der Waals surface area contributed by atoms with Crippen LogP contribution in [0.5, 0.6) is 0 Å². The summed E-state index contributed by atoms with van der Waals surface area (Å²) in [5, 5.41) is 2.17. The van der Waals surface area contributed by atoms with Crippen LogP contribution in [0.25, 0.3) is 0 Å². The molecular weight excluding hydrogens is 297 g/mol. The van der Waals surface area contributed by atoms with Gasteiger partial charge in [0.05, 0.1) is 17.9 Å². The predicted molar refractivity (Wildman–Crippen MR) is 68.5 cm³/mol. The average molecular weight is 309 g/mol. The van der Waals surface area contributed by atoms with Gasteiger partial charge in [0.1, 0.15) is 5.88 Å². The van der Waals surface area contributed by atoms with Crippen molar-refractivity contribution < 1.29 is 22.8 Å². The fraction of sp³-hybridized carbons (Fsp3) is 0.333. The average Bonchev–Trinajstić information content (AvgIpc) is 2.38. The second kappa shape index (κ2) is 6.60. The first-order valence-corrected chi connectivity index (χ1v) is 6.06. The summed E-state index contributed by atoms with van der Waals surface area (Å²) in [7, 11) is 0. The zero-order valence-corrected chi connectivity index (χ0v) is 11.3. The number of hydrogen-bond donors (Lipinski definition) is 1. The van der Waals surface area contributed by atoms with Crippen molar-refractivity contribution in [1.29, 1.82) is 0 Å². The smallest absolute Gasteiger partial charge is 0.341 e. The van der Waals surface area contributed by atoms with E-state index in [9.17, 15) is 22.8 Å². The number of carbonyl (C=O) groups excluding carboxylic acids is 2. The summed E-state index contributed by atoms with van der Waals surface area (Å²) >= 11 is 5.41. The standard InChI is InChI=1S/C12H12ClF3N2O2/c1-8-3-2-4-9(12(14,15)16)11(8)18(6-17-7-19)10(20)5-13/h2-4,7H,5-6H2,1H3,(H,17,19). The van der Waals surface area contributed by atoms with Crippen molar-refractivity contribution in [1.82, 2.24) is 5.32 Å². The molecule has 4 nitrogen and oxygen atoms in total. The number of rotatable bonds is 5. The van der Waals surface area contributed by atoms with Crippen LogP contribution in [-0.4, -0.2) is 24.9 Å². The van der Waals surface area contributed by atoms with Gasteiger partial charge in [-0.2, -0.15) is 13.2 Å². The lowest BCUT2D eigenvalue weighted by Crippen LogP contribution is -2.41. The Labute approximate surface area is 118 Å². The van der Waals surface area contributed by atoms with Crippen LogP contribution in [0, 0.1) is 6.92 Å². The quantitative estimate of drug-likeness (QED) is 0.515. The van der Waals surface area contributed by atoms with Gasteiger partial charge in [-0.05, 0) is 18.6 Å². The lowest BCUT2D eigenvalue weighted by molar-refractivity contribution is -0.137. The largest absolute Gasteiger partial charge is 0.418 e. The minimum atomic E-state index is -4.62. The van der Waals surface area contributed by atoms with E-state index in [1.54, 1.807) is 0 Å². The van der Waals surface area contributed by atoms with Crippen molar-refractivity contribution >= 4 is 29.6 Å². The molecule has 1 N–H and O–H groups in total. The van der Waals surface area contributed by atoms with Crippen LogP contribution < -0.4 is 10.2 Å². The maximum absolute atomic E-state index is 13.0. The molecule has 0 spiro atoms. The van der Waals surface area contributed by atoms with Crippen LogP contribution >= 0.6 is 11.6 Å². The molecule has 0 saturated carbocycles. The highest BCUT2D eigenvalue weighted by molar-refractivity contribution is 6.29. The normalized spacial score (nSPS) is 11.1. The number of hydrogen-bond acceptors (Lipinski definition) is 2. The molecule has 0 bridgehead atoms. The fourth-order valence-electron chi connectivity index (χ4n) is 1.74. The van der Waals surface area contributed by atoms with Gasteiger partial charge in [0.25, 0.3) is 0 Å². The molecule has 0 radical (unpaired) electrons. The van der Waals surface area contributed by atoms with Gasteiger partial charge in [-0.3, -0.25) is 14.5 Å². The highest BCUT2D eigenvalue weighted by atomic mass is 35.5. The van der Waals surface area contributed by atoms with Crippen molar-refractivity contribution in [3.05, 3.63) is 29.3 Å². The first-order valence-electron chi connectivity index (χ1n) is 5.53. The molecule has 0 fully saturated rings. The van der Waals surface area contributed by atoms with Crippen molar-refractivity contribution in [2.75, 3.05) is 17.4 Å². The molecule has 110 valence electrons. The van der Waals surface area contributed by atoms with Gasteiger partial charge in [-0.15, -0.1) is 11.6 Å². The van der Waals surface area contributed by atoms with E-state index in [1.807, 2.05) is 0 Å². The Morgan fingerprint density at radius 1 is 1.45 bits per heavy atom. The van der Waals surface area contributed by atoms with Gasteiger partial charge in [0.15, 0.2) is 0 Å². The lowest BCUT2D eigenvalue weighted by atomic mass is 10.1. The van der Waals surface area contributed by atoms with Crippen LogP contribution in [-0.2, 0) is 15.8 Å². The van der Waals surface area contributed by atoms with Crippen LogP contribution in [0.1, 0.15) is 11.1 Å². The summed E-state index contributed by atoms with van der Waals surface area (Å²) in [4.78, 5) is 22.8. The third-order valence-corrected chi connectivity index (χ3v) is 2.79. The third-order valence-electron chi connectivity index (χ3n) is 2.56. The maximum Gasteiger partial charge on any atom is 0.418 e. The molecule has 0 heterocycles. The van der Waals surface area contributed by atoms with Gasteiger partial charge in [-0.1, -0.05) is 12.1 Å². The number of alkyl halides is 4. The first kappa shape index (κ1) is 16.3. The topological polar surface area (TPSA) is 49.4 Å². The second-order valence-electron chi connectivity index (χ2n) is 3.90. The van der Waals surface area contributed by atoms with Crippen molar-refractivity contribution in [3.63, 3.8) is 0 Å². The Morgan fingerprint density at radius 2 is 2.10 bits per heavy atom. The molecule has 1 aromatic rings. The highest BCUT2D eigenvalue weighted by Crippen LogP contribution is 2.38. The SMILES string of the molecule is Cc1cccc(C(F)(F)F)c1N(CNC=O)C(=O)CCl. The Kier molecular flexibility index (Phi) is 5.38. The number of halogens is 4. The van der Waals surface area contributed by atoms with Gasteiger partial charge < -0.3 is 5.32 Å². The van der Waals surface area contributed by atoms with Crippen LogP contribution in [0.15, 0.2) is 18.2 Å². The van der Waals surface area contributed by atoms with E-state index in [2.05, 4.69) is 5.32 Å². The van der Waals surface area contributed by atoms with Crippen molar-refractivity contribution in [3.8, 4) is 0 Å². The molecular formula is C12H12ClF3N2O2. The monoisotopic (exact) mass is 308 g/mol. The number of para-hydroxylation sites is 1. The first-order chi connectivity index (χ1) is 9.32. The molecule has 1 rings (SSSR count). The third kappa shape index (κ3) is 3.63.